The molecule has 5 heteroatoms. The van der Waals surface area contributed by atoms with Crippen molar-refractivity contribution in [2.45, 2.75) is 18.9 Å². The molecule has 1 fully saturated rings. The quantitative estimate of drug-likeness (QED) is 0.783. The lowest BCUT2D eigenvalue weighted by Crippen LogP contribution is -2.35. The van der Waals surface area contributed by atoms with Crippen LogP contribution in [0.5, 0.6) is 5.75 Å². The van der Waals surface area contributed by atoms with E-state index in [0.29, 0.717) is 17.9 Å². The number of amides is 1. The maximum absolute atomic E-state index is 11.5. The second-order valence-electron chi connectivity index (χ2n) is 4.41. The fourth-order valence-electron chi connectivity index (χ4n) is 1.88. The van der Waals surface area contributed by atoms with Crippen molar-refractivity contribution in [3.63, 3.8) is 0 Å². The van der Waals surface area contributed by atoms with Crippen LogP contribution in [0.15, 0.2) is 24.3 Å². The Bertz CT molecular complexity index is 424. The molecule has 2 rings (SSSR count). The van der Waals surface area contributed by atoms with Gasteiger partial charge in [-0.3, -0.25) is 9.59 Å². The molecule has 1 saturated heterocycles. The van der Waals surface area contributed by atoms with Gasteiger partial charge in [-0.1, -0.05) is 0 Å². The molecule has 0 aliphatic carbocycles. The van der Waals surface area contributed by atoms with Gasteiger partial charge in [-0.05, 0) is 37.1 Å². The van der Waals surface area contributed by atoms with Crippen LogP contribution in [0.25, 0.3) is 0 Å². The van der Waals surface area contributed by atoms with Crippen molar-refractivity contribution in [1.82, 2.24) is 5.32 Å². The molecule has 19 heavy (non-hydrogen) atoms. The van der Waals surface area contributed by atoms with Gasteiger partial charge in [-0.25, -0.2) is 0 Å². The molecule has 0 aromatic heterocycles. The van der Waals surface area contributed by atoms with Gasteiger partial charge in [0.1, 0.15) is 12.0 Å². The average molecular weight is 263 g/mol. The number of ether oxygens (including phenoxy) is 2. The van der Waals surface area contributed by atoms with Gasteiger partial charge < -0.3 is 14.8 Å². The number of hydrogen-bond acceptors (Lipinski definition) is 4. The molecule has 0 radical (unpaired) electrons. The van der Waals surface area contributed by atoms with E-state index in [9.17, 15) is 9.59 Å². The molecule has 1 aromatic rings. The van der Waals surface area contributed by atoms with Crippen LogP contribution in [0, 0.1) is 0 Å². The number of benzene rings is 1. The Morgan fingerprint density at radius 3 is 2.84 bits per heavy atom. The molecule has 1 aromatic carbocycles. The first kappa shape index (κ1) is 13.5. The lowest BCUT2D eigenvalue weighted by Gasteiger charge is -2.11. The SMILES string of the molecule is O=Cc1ccc(OCC(=O)NC[C@@H]2CCCO2)cc1. The zero-order valence-corrected chi connectivity index (χ0v) is 10.6. The van der Waals surface area contributed by atoms with E-state index in [1.165, 1.54) is 0 Å². The standard InChI is InChI=1S/C14H17NO4/c16-9-11-3-5-12(6-4-11)19-10-14(17)15-8-13-2-1-7-18-13/h3-6,9,13H,1-2,7-8,10H2,(H,15,17)/t13-/m0/s1. The minimum atomic E-state index is -0.171. The monoisotopic (exact) mass is 263 g/mol. The van der Waals surface area contributed by atoms with Crippen molar-refractivity contribution < 1.29 is 19.1 Å². The van der Waals surface area contributed by atoms with Crippen LogP contribution in [-0.2, 0) is 9.53 Å². The number of rotatable bonds is 6. The molecule has 1 heterocycles. The van der Waals surface area contributed by atoms with Crippen molar-refractivity contribution in [3.05, 3.63) is 29.8 Å². The summed E-state index contributed by atoms with van der Waals surface area (Å²) in [5.74, 6) is 0.396. The number of carbonyl (C=O) groups is 2. The van der Waals surface area contributed by atoms with Gasteiger partial charge in [-0.15, -0.1) is 0 Å². The summed E-state index contributed by atoms with van der Waals surface area (Å²) in [5, 5.41) is 2.77. The first-order chi connectivity index (χ1) is 9.28. The maximum Gasteiger partial charge on any atom is 0.258 e. The van der Waals surface area contributed by atoms with E-state index in [-0.39, 0.29) is 18.6 Å². The van der Waals surface area contributed by atoms with Crippen LogP contribution in [0.1, 0.15) is 23.2 Å². The number of nitrogens with one attached hydrogen (secondary N) is 1. The zero-order chi connectivity index (χ0) is 13.5. The zero-order valence-electron chi connectivity index (χ0n) is 10.6. The highest BCUT2D eigenvalue weighted by atomic mass is 16.5. The summed E-state index contributed by atoms with van der Waals surface area (Å²) < 4.78 is 10.7. The third kappa shape index (κ3) is 4.37. The highest BCUT2D eigenvalue weighted by molar-refractivity contribution is 5.77. The summed E-state index contributed by atoms with van der Waals surface area (Å²) >= 11 is 0. The summed E-state index contributed by atoms with van der Waals surface area (Å²) in [6, 6.07) is 6.62. The number of aldehydes is 1. The van der Waals surface area contributed by atoms with Gasteiger partial charge in [0.05, 0.1) is 6.10 Å². The van der Waals surface area contributed by atoms with Crippen LogP contribution in [0.4, 0.5) is 0 Å². The summed E-state index contributed by atoms with van der Waals surface area (Å²) in [6.07, 6.45) is 2.95. The minimum Gasteiger partial charge on any atom is -0.484 e. The molecule has 102 valence electrons. The number of hydrogen-bond donors (Lipinski definition) is 1. The van der Waals surface area contributed by atoms with Gasteiger partial charge in [0, 0.05) is 18.7 Å². The van der Waals surface area contributed by atoms with E-state index in [1.807, 2.05) is 0 Å². The normalized spacial score (nSPS) is 18.0. The van der Waals surface area contributed by atoms with E-state index in [1.54, 1.807) is 24.3 Å². The molecular formula is C14H17NO4. The van der Waals surface area contributed by atoms with Gasteiger partial charge in [0.2, 0.25) is 0 Å². The van der Waals surface area contributed by atoms with E-state index in [4.69, 9.17) is 9.47 Å². The fraction of sp³-hybridized carbons (Fsp3) is 0.429. The third-order valence-electron chi connectivity index (χ3n) is 2.94. The molecule has 0 bridgehead atoms. The Morgan fingerprint density at radius 1 is 1.42 bits per heavy atom. The van der Waals surface area contributed by atoms with Crippen LogP contribution in [0.3, 0.4) is 0 Å². The molecule has 0 unspecified atom stereocenters. The Hall–Kier alpha value is -1.88. The molecule has 1 aliphatic rings. The van der Waals surface area contributed by atoms with Crippen molar-refractivity contribution in [1.29, 1.82) is 0 Å². The molecule has 1 N–H and O–H groups in total. The average Bonchev–Trinajstić information content (AvgIpc) is 2.96. The molecule has 1 atom stereocenters. The van der Waals surface area contributed by atoms with Gasteiger partial charge in [0.15, 0.2) is 6.61 Å². The molecular weight excluding hydrogens is 246 g/mol. The van der Waals surface area contributed by atoms with E-state index in [0.717, 1.165) is 25.7 Å². The van der Waals surface area contributed by atoms with Crippen LogP contribution >= 0.6 is 0 Å². The third-order valence-corrected chi connectivity index (χ3v) is 2.94. The summed E-state index contributed by atoms with van der Waals surface area (Å²) in [4.78, 5) is 22.0. The van der Waals surface area contributed by atoms with Crippen molar-refractivity contribution >= 4 is 12.2 Å². The fourth-order valence-corrected chi connectivity index (χ4v) is 1.88. The molecule has 1 aliphatic heterocycles. The highest BCUT2D eigenvalue weighted by Gasteiger charge is 2.16. The molecule has 0 spiro atoms. The van der Waals surface area contributed by atoms with Crippen molar-refractivity contribution in [3.8, 4) is 5.75 Å². The second-order valence-corrected chi connectivity index (χ2v) is 4.41. The lowest BCUT2D eigenvalue weighted by molar-refractivity contribution is -0.123. The van der Waals surface area contributed by atoms with Gasteiger partial charge in [0.25, 0.3) is 5.91 Å². The van der Waals surface area contributed by atoms with Crippen molar-refractivity contribution in [2.75, 3.05) is 19.8 Å². The highest BCUT2D eigenvalue weighted by Crippen LogP contribution is 2.11. The van der Waals surface area contributed by atoms with Gasteiger partial charge in [-0.2, -0.15) is 0 Å². The van der Waals surface area contributed by atoms with E-state index in [2.05, 4.69) is 5.32 Å². The van der Waals surface area contributed by atoms with E-state index < -0.39 is 0 Å². The predicted octanol–water partition coefficient (Wildman–Crippen LogP) is 1.17. The first-order valence-electron chi connectivity index (χ1n) is 6.34. The Kier molecular flexibility index (Phi) is 4.92. The minimum absolute atomic E-state index is 0.0346. The molecule has 1 amide bonds. The largest absolute Gasteiger partial charge is 0.484 e. The topological polar surface area (TPSA) is 64.6 Å². The first-order valence-corrected chi connectivity index (χ1v) is 6.34. The Balaban J connectivity index is 1.68. The van der Waals surface area contributed by atoms with Crippen LogP contribution < -0.4 is 10.1 Å². The maximum atomic E-state index is 11.5. The van der Waals surface area contributed by atoms with Crippen LogP contribution in [-0.4, -0.2) is 38.1 Å². The lowest BCUT2D eigenvalue weighted by atomic mass is 10.2. The Labute approximate surface area is 111 Å². The van der Waals surface area contributed by atoms with E-state index >= 15 is 0 Å². The van der Waals surface area contributed by atoms with Crippen LogP contribution in [0.2, 0.25) is 0 Å². The second kappa shape index (κ2) is 6.89. The van der Waals surface area contributed by atoms with Gasteiger partial charge >= 0.3 is 0 Å². The predicted molar refractivity (Wildman–Crippen MR) is 69.3 cm³/mol. The van der Waals surface area contributed by atoms with Crippen molar-refractivity contribution in [2.24, 2.45) is 0 Å². The summed E-state index contributed by atoms with van der Waals surface area (Å²) in [5.41, 5.74) is 0.579. The summed E-state index contributed by atoms with van der Waals surface area (Å²) in [6.45, 7) is 1.28. The molecule has 0 saturated carbocycles. The molecule has 5 nitrogen and oxygen atoms in total. The Morgan fingerprint density at radius 2 is 2.21 bits per heavy atom. The number of carbonyl (C=O) groups excluding carboxylic acids is 2. The smallest absolute Gasteiger partial charge is 0.258 e. The summed E-state index contributed by atoms with van der Waals surface area (Å²) in [7, 11) is 0.